The Kier molecular flexibility index (Phi) is 7.57. The second-order valence-electron chi connectivity index (χ2n) is 7.59. The van der Waals surface area contributed by atoms with Crippen molar-refractivity contribution in [1.29, 1.82) is 0 Å². The van der Waals surface area contributed by atoms with Crippen LogP contribution < -0.4 is 16.4 Å². The Balaban J connectivity index is 1.41. The van der Waals surface area contributed by atoms with Crippen molar-refractivity contribution < 1.29 is 14.4 Å². The van der Waals surface area contributed by atoms with Crippen molar-refractivity contribution in [3.05, 3.63) is 65.7 Å². The molecule has 0 aromatic heterocycles. The summed E-state index contributed by atoms with van der Waals surface area (Å²) in [6, 6.07) is 16.6. The molecule has 1 aliphatic rings. The summed E-state index contributed by atoms with van der Waals surface area (Å²) in [6.07, 6.45) is 2.04. The summed E-state index contributed by atoms with van der Waals surface area (Å²) in [5, 5.41) is 5.59. The SMILES string of the molecule is NC(=O)C1CCCN(Cc2ccc(NC(=O)CCNC(=O)c3ccccc3)cc2)C1. The van der Waals surface area contributed by atoms with Crippen molar-refractivity contribution in [3.8, 4) is 0 Å². The number of hydrogen-bond donors (Lipinski definition) is 3. The summed E-state index contributed by atoms with van der Waals surface area (Å²) >= 11 is 0. The molecule has 1 heterocycles. The van der Waals surface area contributed by atoms with Crippen LogP contribution >= 0.6 is 0 Å². The van der Waals surface area contributed by atoms with Crippen LogP contribution in [0.15, 0.2) is 54.6 Å². The monoisotopic (exact) mass is 408 g/mol. The molecule has 0 saturated carbocycles. The fourth-order valence-electron chi connectivity index (χ4n) is 3.59. The van der Waals surface area contributed by atoms with Gasteiger partial charge in [-0.15, -0.1) is 0 Å². The number of amides is 3. The summed E-state index contributed by atoms with van der Waals surface area (Å²) in [5.41, 5.74) is 7.85. The standard InChI is InChI=1S/C23H28N4O3/c24-22(29)19-7-4-14-27(16-19)15-17-8-10-20(11-9-17)26-21(28)12-13-25-23(30)18-5-2-1-3-6-18/h1-3,5-6,8-11,19H,4,7,12-16H2,(H2,24,29)(H,25,30)(H,26,28). The molecule has 1 atom stereocenters. The van der Waals surface area contributed by atoms with Crippen LogP contribution in [0.25, 0.3) is 0 Å². The highest BCUT2D eigenvalue weighted by atomic mass is 16.2. The predicted octanol–water partition coefficient (Wildman–Crippen LogP) is 2.14. The Hall–Kier alpha value is -3.19. The molecule has 0 radical (unpaired) electrons. The Morgan fingerprint density at radius 2 is 1.77 bits per heavy atom. The minimum Gasteiger partial charge on any atom is -0.369 e. The number of anilines is 1. The van der Waals surface area contributed by atoms with Gasteiger partial charge in [-0.05, 0) is 49.2 Å². The lowest BCUT2D eigenvalue weighted by atomic mass is 9.97. The Morgan fingerprint density at radius 3 is 2.47 bits per heavy atom. The molecule has 0 spiro atoms. The van der Waals surface area contributed by atoms with Crippen LogP contribution in [0.5, 0.6) is 0 Å². The van der Waals surface area contributed by atoms with E-state index in [4.69, 9.17) is 5.73 Å². The highest BCUT2D eigenvalue weighted by Crippen LogP contribution is 2.19. The van der Waals surface area contributed by atoms with Gasteiger partial charge >= 0.3 is 0 Å². The van der Waals surface area contributed by atoms with Crippen molar-refractivity contribution in [2.45, 2.75) is 25.8 Å². The number of carbonyl (C=O) groups is 3. The molecule has 0 bridgehead atoms. The van der Waals surface area contributed by atoms with Crippen LogP contribution in [-0.2, 0) is 16.1 Å². The number of benzene rings is 2. The van der Waals surface area contributed by atoms with E-state index in [1.807, 2.05) is 30.3 Å². The highest BCUT2D eigenvalue weighted by molar-refractivity contribution is 5.95. The fourth-order valence-corrected chi connectivity index (χ4v) is 3.59. The molecule has 1 fully saturated rings. The number of nitrogens with two attached hydrogens (primary N) is 1. The minimum atomic E-state index is -0.224. The van der Waals surface area contributed by atoms with Crippen LogP contribution in [0.4, 0.5) is 5.69 Å². The third kappa shape index (κ3) is 6.42. The second-order valence-corrected chi connectivity index (χ2v) is 7.59. The van der Waals surface area contributed by atoms with E-state index in [1.54, 1.807) is 24.3 Å². The predicted molar refractivity (Wildman–Crippen MR) is 116 cm³/mol. The van der Waals surface area contributed by atoms with Crippen LogP contribution in [0, 0.1) is 5.92 Å². The van der Waals surface area contributed by atoms with Crippen LogP contribution in [0.2, 0.25) is 0 Å². The van der Waals surface area contributed by atoms with E-state index < -0.39 is 0 Å². The lowest BCUT2D eigenvalue weighted by Gasteiger charge is -2.31. The fraction of sp³-hybridized carbons (Fsp3) is 0.348. The number of nitrogens with zero attached hydrogens (tertiary/aromatic N) is 1. The van der Waals surface area contributed by atoms with Gasteiger partial charge in [-0.2, -0.15) is 0 Å². The number of primary amides is 1. The first-order chi connectivity index (χ1) is 14.5. The number of piperidine rings is 1. The third-order valence-electron chi connectivity index (χ3n) is 5.23. The summed E-state index contributed by atoms with van der Waals surface area (Å²) in [6.45, 7) is 2.68. The van der Waals surface area contributed by atoms with Crippen LogP contribution in [0.1, 0.15) is 35.2 Å². The summed E-state index contributed by atoms with van der Waals surface area (Å²) < 4.78 is 0. The number of rotatable bonds is 8. The molecule has 1 unspecified atom stereocenters. The zero-order valence-electron chi connectivity index (χ0n) is 17.0. The van der Waals surface area contributed by atoms with E-state index in [0.717, 1.165) is 31.5 Å². The first kappa shape index (κ1) is 21.5. The average Bonchev–Trinajstić information content (AvgIpc) is 2.76. The van der Waals surface area contributed by atoms with Crippen molar-refractivity contribution in [2.75, 3.05) is 25.0 Å². The highest BCUT2D eigenvalue weighted by Gasteiger charge is 2.23. The molecular weight excluding hydrogens is 380 g/mol. The molecular formula is C23H28N4O3. The van der Waals surface area contributed by atoms with E-state index in [1.165, 1.54) is 0 Å². The van der Waals surface area contributed by atoms with Gasteiger partial charge < -0.3 is 16.4 Å². The maximum Gasteiger partial charge on any atom is 0.251 e. The van der Waals surface area contributed by atoms with Gasteiger partial charge in [0.2, 0.25) is 11.8 Å². The maximum absolute atomic E-state index is 12.1. The maximum atomic E-state index is 12.1. The number of likely N-dealkylation sites (tertiary alicyclic amines) is 1. The van der Waals surface area contributed by atoms with Gasteiger partial charge in [-0.3, -0.25) is 19.3 Å². The van der Waals surface area contributed by atoms with Gasteiger partial charge in [0.15, 0.2) is 0 Å². The van der Waals surface area contributed by atoms with E-state index >= 15 is 0 Å². The molecule has 2 aromatic rings. The van der Waals surface area contributed by atoms with Crippen molar-refractivity contribution in [2.24, 2.45) is 11.7 Å². The van der Waals surface area contributed by atoms with Crippen LogP contribution in [0.3, 0.4) is 0 Å². The van der Waals surface area contributed by atoms with Crippen molar-refractivity contribution in [1.82, 2.24) is 10.2 Å². The number of hydrogen-bond acceptors (Lipinski definition) is 4. The molecule has 2 aromatic carbocycles. The summed E-state index contributed by atoms with van der Waals surface area (Å²) in [5.74, 6) is -0.641. The van der Waals surface area contributed by atoms with E-state index in [0.29, 0.717) is 17.8 Å². The van der Waals surface area contributed by atoms with Gasteiger partial charge in [0.1, 0.15) is 0 Å². The van der Waals surface area contributed by atoms with Crippen molar-refractivity contribution >= 4 is 23.4 Å². The van der Waals surface area contributed by atoms with Gasteiger partial charge in [0.05, 0.1) is 5.92 Å². The first-order valence-corrected chi connectivity index (χ1v) is 10.2. The van der Waals surface area contributed by atoms with E-state index in [9.17, 15) is 14.4 Å². The molecule has 30 heavy (non-hydrogen) atoms. The zero-order valence-corrected chi connectivity index (χ0v) is 17.0. The average molecular weight is 409 g/mol. The largest absolute Gasteiger partial charge is 0.369 e. The molecule has 3 amide bonds. The van der Waals surface area contributed by atoms with Gasteiger partial charge in [-0.1, -0.05) is 30.3 Å². The lowest BCUT2D eigenvalue weighted by molar-refractivity contribution is -0.123. The quantitative estimate of drug-likeness (QED) is 0.622. The Bertz CT molecular complexity index is 868. The molecule has 7 nitrogen and oxygen atoms in total. The van der Waals surface area contributed by atoms with Gasteiger partial charge in [-0.25, -0.2) is 0 Å². The zero-order chi connectivity index (χ0) is 21.3. The number of carbonyl (C=O) groups excluding carboxylic acids is 3. The molecule has 3 rings (SSSR count). The number of nitrogens with one attached hydrogen (secondary N) is 2. The first-order valence-electron chi connectivity index (χ1n) is 10.2. The van der Waals surface area contributed by atoms with Gasteiger partial charge in [0, 0.05) is 37.3 Å². The summed E-state index contributed by atoms with van der Waals surface area (Å²) in [7, 11) is 0. The van der Waals surface area contributed by atoms with Crippen molar-refractivity contribution in [3.63, 3.8) is 0 Å². The lowest BCUT2D eigenvalue weighted by Crippen LogP contribution is -2.40. The van der Waals surface area contributed by atoms with E-state index in [-0.39, 0.29) is 36.6 Å². The van der Waals surface area contributed by atoms with Gasteiger partial charge in [0.25, 0.3) is 5.91 Å². The third-order valence-corrected chi connectivity index (χ3v) is 5.23. The topological polar surface area (TPSA) is 105 Å². The van der Waals surface area contributed by atoms with E-state index in [2.05, 4.69) is 15.5 Å². The Labute approximate surface area is 176 Å². The smallest absolute Gasteiger partial charge is 0.251 e. The molecule has 1 aliphatic heterocycles. The molecule has 0 aliphatic carbocycles. The second kappa shape index (κ2) is 10.5. The molecule has 1 saturated heterocycles. The summed E-state index contributed by atoms with van der Waals surface area (Å²) in [4.78, 5) is 37.7. The Morgan fingerprint density at radius 1 is 1.03 bits per heavy atom. The van der Waals surface area contributed by atoms with Crippen LogP contribution in [-0.4, -0.2) is 42.3 Å². The molecule has 158 valence electrons. The minimum absolute atomic E-state index is 0.0697. The molecule has 7 heteroatoms. The normalized spacial score (nSPS) is 16.6. The molecule has 4 N–H and O–H groups in total.